The van der Waals surface area contributed by atoms with Gasteiger partial charge in [0, 0.05) is 11.1 Å². The van der Waals surface area contributed by atoms with Gasteiger partial charge in [0.15, 0.2) is 0 Å². The van der Waals surface area contributed by atoms with Crippen molar-refractivity contribution in [1.29, 1.82) is 0 Å². The molecule has 0 aromatic heterocycles. The van der Waals surface area contributed by atoms with Crippen molar-refractivity contribution in [2.75, 3.05) is 18.1 Å². The number of aryl methyl sites for hydroxylation is 1. The molecule has 0 atom stereocenters. The summed E-state index contributed by atoms with van der Waals surface area (Å²) >= 11 is 0. The molecule has 0 fully saturated rings. The van der Waals surface area contributed by atoms with E-state index in [0.717, 1.165) is 0 Å². The Morgan fingerprint density at radius 1 is 1.30 bits per heavy atom. The molecule has 6 nitrogen and oxygen atoms in total. The van der Waals surface area contributed by atoms with Crippen LogP contribution in [0.15, 0.2) is 36.4 Å². The smallest absolute Gasteiger partial charge is 0.276 e. The lowest BCUT2D eigenvalue weighted by molar-refractivity contribution is -0.385. The number of halogens is 1. The van der Waals surface area contributed by atoms with Crippen LogP contribution in [0, 0.1) is 22.9 Å². The molecule has 0 N–H and O–H groups in total. The third kappa shape index (κ3) is 2.73. The first kappa shape index (κ1) is 15.0. The summed E-state index contributed by atoms with van der Waals surface area (Å²) in [6, 6.07) is 8.14. The monoisotopic (exact) mass is 316 g/mol. The van der Waals surface area contributed by atoms with Crippen LogP contribution in [0.5, 0.6) is 5.75 Å². The third-order valence-corrected chi connectivity index (χ3v) is 3.67. The summed E-state index contributed by atoms with van der Waals surface area (Å²) in [5.74, 6) is -0.429. The molecule has 0 bridgehead atoms. The zero-order valence-electron chi connectivity index (χ0n) is 12.3. The summed E-state index contributed by atoms with van der Waals surface area (Å²) in [7, 11) is 0. The lowest BCUT2D eigenvalue weighted by Crippen LogP contribution is -2.38. The Morgan fingerprint density at radius 3 is 2.65 bits per heavy atom. The van der Waals surface area contributed by atoms with Gasteiger partial charge in [0.05, 0.1) is 23.2 Å². The average Bonchev–Trinajstić information content (AvgIpc) is 2.53. The van der Waals surface area contributed by atoms with Gasteiger partial charge < -0.3 is 9.64 Å². The van der Waals surface area contributed by atoms with Gasteiger partial charge in [0.1, 0.15) is 18.2 Å². The molecule has 0 spiro atoms. The first-order valence-electron chi connectivity index (χ1n) is 6.96. The van der Waals surface area contributed by atoms with Gasteiger partial charge in [-0.05, 0) is 37.3 Å². The Bertz CT molecular complexity index is 789. The number of hydrogen-bond donors (Lipinski definition) is 0. The van der Waals surface area contributed by atoms with Crippen LogP contribution in [0.25, 0.3) is 0 Å². The number of nitro benzene ring substituents is 1. The minimum absolute atomic E-state index is 0.0557. The predicted octanol–water partition coefficient (Wildman–Crippen LogP) is 3.08. The topological polar surface area (TPSA) is 72.7 Å². The van der Waals surface area contributed by atoms with E-state index in [2.05, 4.69) is 0 Å². The number of fused-ring (bicyclic) bond motifs is 1. The zero-order valence-corrected chi connectivity index (χ0v) is 12.3. The van der Waals surface area contributed by atoms with Crippen LogP contribution in [-0.2, 0) is 0 Å². The maximum Gasteiger partial charge on any atom is 0.276 e. The van der Waals surface area contributed by atoms with Crippen LogP contribution in [0.1, 0.15) is 15.9 Å². The Hall–Kier alpha value is -2.96. The van der Waals surface area contributed by atoms with Gasteiger partial charge in [-0.1, -0.05) is 0 Å². The minimum atomic E-state index is -0.486. The highest BCUT2D eigenvalue weighted by molar-refractivity contribution is 6.07. The van der Waals surface area contributed by atoms with E-state index in [9.17, 15) is 19.3 Å². The predicted molar refractivity (Wildman–Crippen MR) is 81.4 cm³/mol. The molecule has 0 saturated heterocycles. The number of carbonyl (C=O) groups excluding carboxylic acids is 1. The number of nitro groups is 1. The molecule has 3 rings (SSSR count). The van der Waals surface area contributed by atoms with E-state index < -0.39 is 10.7 Å². The molecule has 1 aliphatic rings. The van der Waals surface area contributed by atoms with E-state index in [1.165, 1.54) is 35.2 Å². The molecule has 23 heavy (non-hydrogen) atoms. The van der Waals surface area contributed by atoms with Crippen LogP contribution < -0.4 is 9.64 Å². The van der Waals surface area contributed by atoms with Crippen LogP contribution in [0.4, 0.5) is 15.8 Å². The number of ether oxygens (including phenoxy) is 1. The van der Waals surface area contributed by atoms with E-state index >= 15 is 0 Å². The standard InChI is InChI=1S/C16H13FN2O4/c1-10-8-14-15(9-13(10)19(21)22)23-7-6-18(14)16(20)11-2-4-12(17)5-3-11/h2-5,8-9H,6-7H2,1H3. The van der Waals surface area contributed by atoms with Gasteiger partial charge in [0.2, 0.25) is 0 Å². The van der Waals surface area contributed by atoms with Gasteiger partial charge >= 0.3 is 0 Å². The fourth-order valence-corrected chi connectivity index (χ4v) is 2.51. The highest BCUT2D eigenvalue weighted by Gasteiger charge is 2.27. The number of benzene rings is 2. The van der Waals surface area contributed by atoms with Crippen molar-refractivity contribution < 1.29 is 18.8 Å². The number of nitrogens with zero attached hydrogens (tertiary/aromatic N) is 2. The minimum Gasteiger partial charge on any atom is -0.489 e. The molecule has 1 amide bonds. The van der Waals surface area contributed by atoms with E-state index in [1.54, 1.807) is 13.0 Å². The van der Waals surface area contributed by atoms with Gasteiger partial charge in [-0.15, -0.1) is 0 Å². The van der Waals surface area contributed by atoms with E-state index in [4.69, 9.17) is 4.74 Å². The second kappa shape index (κ2) is 5.68. The summed E-state index contributed by atoms with van der Waals surface area (Å²) in [4.78, 5) is 24.6. The average molecular weight is 316 g/mol. The molecule has 1 aliphatic heterocycles. The highest BCUT2D eigenvalue weighted by Crippen LogP contribution is 2.37. The molecule has 2 aromatic rings. The van der Waals surface area contributed by atoms with Crippen LogP contribution >= 0.6 is 0 Å². The molecular weight excluding hydrogens is 303 g/mol. The lowest BCUT2D eigenvalue weighted by atomic mass is 10.1. The largest absolute Gasteiger partial charge is 0.489 e. The number of amides is 1. The maximum atomic E-state index is 13.0. The van der Waals surface area contributed by atoms with Crippen molar-refractivity contribution in [3.8, 4) is 5.75 Å². The Kier molecular flexibility index (Phi) is 3.69. The van der Waals surface area contributed by atoms with Crippen molar-refractivity contribution in [3.05, 3.63) is 63.5 Å². The van der Waals surface area contributed by atoms with E-state index in [0.29, 0.717) is 29.1 Å². The van der Waals surface area contributed by atoms with Gasteiger partial charge in [0.25, 0.3) is 11.6 Å². The zero-order chi connectivity index (χ0) is 16.6. The number of anilines is 1. The van der Waals surface area contributed by atoms with Crippen LogP contribution in [-0.4, -0.2) is 24.0 Å². The summed E-state index contributed by atoms with van der Waals surface area (Å²) in [5.41, 5.74) is 1.21. The maximum absolute atomic E-state index is 13.0. The van der Waals surface area contributed by atoms with Gasteiger partial charge in [-0.3, -0.25) is 14.9 Å². The molecule has 0 saturated carbocycles. The van der Waals surface area contributed by atoms with Crippen molar-refractivity contribution >= 4 is 17.3 Å². The van der Waals surface area contributed by atoms with Crippen LogP contribution in [0.3, 0.4) is 0 Å². The first-order chi connectivity index (χ1) is 11.0. The third-order valence-electron chi connectivity index (χ3n) is 3.67. The second-order valence-corrected chi connectivity index (χ2v) is 5.18. The van der Waals surface area contributed by atoms with Crippen molar-refractivity contribution in [2.24, 2.45) is 0 Å². The highest BCUT2D eigenvalue weighted by atomic mass is 19.1. The first-order valence-corrected chi connectivity index (χ1v) is 6.96. The Morgan fingerprint density at radius 2 is 2.00 bits per heavy atom. The molecule has 2 aromatic carbocycles. The molecule has 0 radical (unpaired) electrons. The Balaban J connectivity index is 2.01. The second-order valence-electron chi connectivity index (χ2n) is 5.18. The van der Waals surface area contributed by atoms with E-state index in [-0.39, 0.29) is 18.2 Å². The molecule has 118 valence electrons. The number of rotatable bonds is 2. The summed E-state index contributed by atoms with van der Waals surface area (Å²) in [6.07, 6.45) is 0. The van der Waals surface area contributed by atoms with Gasteiger partial charge in [-0.2, -0.15) is 0 Å². The van der Waals surface area contributed by atoms with Crippen molar-refractivity contribution in [3.63, 3.8) is 0 Å². The van der Waals surface area contributed by atoms with Crippen molar-refractivity contribution in [1.82, 2.24) is 0 Å². The van der Waals surface area contributed by atoms with E-state index in [1.807, 2.05) is 0 Å². The van der Waals surface area contributed by atoms with Gasteiger partial charge in [-0.25, -0.2) is 4.39 Å². The molecular formula is C16H13FN2O4. The molecule has 1 heterocycles. The summed E-state index contributed by atoms with van der Waals surface area (Å²) in [5, 5.41) is 11.0. The number of carbonyl (C=O) groups is 1. The van der Waals surface area contributed by atoms with Crippen LogP contribution in [0.2, 0.25) is 0 Å². The SMILES string of the molecule is Cc1cc2c(cc1[N+](=O)[O-])OCCN2C(=O)c1ccc(F)cc1. The molecule has 7 heteroatoms. The quantitative estimate of drug-likeness (QED) is 0.630. The summed E-state index contributed by atoms with van der Waals surface area (Å²) < 4.78 is 18.4. The fraction of sp³-hybridized carbons (Fsp3) is 0.188. The molecule has 0 aliphatic carbocycles. The summed E-state index contributed by atoms with van der Waals surface area (Å²) in [6.45, 7) is 2.16. The fourth-order valence-electron chi connectivity index (χ4n) is 2.51. The van der Waals surface area contributed by atoms with Crippen molar-refractivity contribution in [2.45, 2.75) is 6.92 Å². The molecule has 0 unspecified atom stereocenters. The Labute approximate surface area is 131 Å². The lowest BCUT2D eigenvalue weighted by Gasteiger charge is -2.29. The normalized spacial score (nSPS) is 13.2. The number of hydrogen-bond acceptors (Lipinski definition) is 4.